The lowest BCUT2D eigenvalue weighted by atomic mass is 10.00. The highest BCUT2D eigenvalue weighted by Crippen LogP contribution is 2.21. The molecule has 4 rings (SSSR count). The molecule has 0 saturated carbocycles. The zero-order chi connectivity index (χ0) is 23.4. The van der Waals surface area contributed by atoms with Gasteiger partial charge in [-0.1, -0.05) is 25.1 Å². The van der Waals surface area contributed by atoms with Crippen LogP contribution >= 0.6 is 0 Å². The van der Waals surface area contributed by atoms with E-state index in [2.05, 4.69) is 22.0 Å². The second-order valence-electron chi connectivity index (χ2n) is 8.71. The van der Waals surface area contributed by atoms with Crippen LogP contribution in [0, 0.1) is 13.8 Å². The molecule has 0 radical (unpaired) electrons. The van der Waals surface area contributed by atoms with E-state index in [0.29, 0.717) is 31.7 Å². The van der Waals surface area contributed by atoms with Crippen molar-refractivity contribution in [2.75, 3.05) is 19.6 Å². The predicted octanol–water partition coefficient (Wildman–Crippen LogP) is 3.22. The summed E-state index contributed by atoms with van der Waals surface area (Å²) in [6.45, 7) is 8.16. The smallest absolute Gasteiger partial charge is 0.253 e. The minimum atomic E-state index is 0.0735. The molecular formula is C25H32N6O2. The number of carbonyl (C=O) groups is 2. The Morgan fingerprint density at radius 3 is 2.55 bits per heavy atom. The first-order valence-corrected chi connectivity index (χ1v) is 11.8. The van der Waals surface area contributed by atoms with Gasteiger partial charge in [0.15, 0.2) is 0 Å². The predicted molar refractivity (Wildman–Crippen MR) is 126 cm³/mol. The Hall–Kier alpha value is -3.29. The molecule has 0 atom stereocenters. The van der Waals surface area contributed by atoms with E-state index in [1.165, 1.54) is 6.33 Å². The third kappa shape index (κ3) is 4.89. The highest BCUT2D eigenvalue weighted by molar-refractivity contribution is 5.94. The van der Waals surface area contributed by atoms with Crippen molar-refractivity contribution < 1.29 is 9.59 Å². The van der Waals surface area contributed by atoms with Crippen LogP contribution in [0.1, 0.15) is 59.9 Å². The monoisotopic (exact) mass is 448 g/mol. The number of hydrogen-bond acceptors (Lipinski definition) is 5. The fourth-order valence-electron chi connectivity index (χ4n) is 4.79. The molecule has 3 heterocycles. The van der Waals surface area contributed by atoms with Crippen LogP contribution in [0.15, 0.2) is 36.7 Å². The number of piperidine rings is 1. The summed E-state index contributed by atoms with van der Waals surface area (Å²) in [5, 5.41) is 4.24. The van der Waals surface area contributed by atoms with E-state index in [9.17, 15) is 9.59 Å². The zero-order valence-electron chi connectivity index (χ0n) is 19.7. The lowest BCUT2D eigenvalue weighted by Crippen LogP contribution is -2.49. The molecule has 0 bridgehead atoms. The number of hydrogen-bond donors (Lipinski definition) is 0. The molecule has 8 heteroatoms. The molecule has 2 aromatic heterocycles. The Balaban J connectivity index is 1.38. The average molecular weight is 449 g/mol. The molecule has 1 aliphatic heterocycles. The summed E-state index contributed by atoms with van der Waals surface area (Å²) in [7, 11) is 0. The van der Waals surface area contributed by atoms with Crippen LogP contribution in [0.25, 0.3) is 5.78 Å². The van der Waals surface area contributed by atoms with Gasteiger partial charge in [-0.2, -0.15) is 10.1 Å². The maximum Gasteiger partial charge on any atom is 0.253 e. The Morgan fingerprint density at radius 2 is 1.85 bits per heavy atom. The molecule has 0 N–H and O–H groups in total. The van der Waals surface area contributed by atoms with Gasteiger partial charge in [0.25, 0.3) is 11.7 Å². The maximum atomic E-state index is 13.3. The Kier molecular flexibility index (Phi) is 7.01. The van der Waals surface area contributed by atoms with Crippen LogP contribution in [0.5, 0.6) is 0 Å². The molecule has 1 aromatic carbocycles. The number of nitrogens with zero attached hydrogens (tertiary/aromatic N) is 6. The SMILES string of the molecule is CCCN(C(=O)CCc1c(C)nc2ncnn2c1C)C1CCN(C(=O)c2ccccc2)CC1. The van der Waals surface area contributed by atoms with Gasteiger partial charge >= 0.3 is 0 Å². The quantitative estimate of drug-likeness (QED) is 0.554. The Bertz CT molecular complexity index is 1120. The van der Waals surface area contributed by atoms with Crippen molar-refractivity contribution in [1.82, 2.24) is 29.4 Å². The second kappa shape index (κ2) is 10.1. The van der Waals surface area contributed by atoms with Gasteiger partial charge in [0.2, 0.25) is 5.91 Å². The van der Waals surface area contributed by atoms with Gasteiger partial charge in [-0.3, -0.25) is 9.59 Å². The van der Waals surface area contributed by atoms with Gasteiger partial charge in [-0.25, -0.2) is 9.50 Å². The van der Waals surface area contributed by atoms with Gasteiger partial charge in [0.1, 0.15) is 6.33 Å². The van der Waals surface area contributed by atoms with Crippen molar-refractivity contribution in [2.45, 2.75) is 58.9 Å². The van der Waals surface area contributed by atoms with E-state index < -0.39 is 0 Å². The number of benzene rings is 1. The number of amides is 2. The molecule has 0 unspecified atom stereocenters. The number of carbonyl (C=O) groups excluding carboxylic acids is 2. The second-order valence-corrected chi connectivity index (χ2v) is 8.71. The summed E-state index contributed by atoms with van der Waals surface area (Å²) in [5.41, 5.74) is 3.66. The molecule has 1 saturated heterocycles. The van der Waals surface area contributed by atoms with Crippen LogP contribution in [0.3, 0.4) is 0 Å². The zero-order valence-corrected chi connectivity index (χ0v) is 19.7. The van der Waals surface area contributed by atoms with Crippen molar-refractivity contribution in [3.05, 3.63) is 59.2 Å². The van der Waals surface area contributed by atoms with Gasteiger partial charge in [0, 0.05) is 49.0 Å². The molecule has 174 valence electrons. The number of fused-ring (bicyclic) bond motifs is 1. The van der Waals surface area contributed by atoms with Crippen LogP contribution in [0.4, 0.5) is 0 Å². The minimum Gasteiger partial charge on any atom is -0.340 e. The van der Waals surface area contributed by atoms with Crippen molar-refractivity contribution in [1.29, 1.82) is 0 Å². The summed E-state index contributed by atoms with van der Waals surface area (Å²) in [5.74, 6) is 0.830. The van der Waals surface area contributed by atoms with E-state index in [1.807, 2.05) is 54.0 Å². The molecule has 1 aliphatic rings. The number of aryl methyl sites for hydroxylation is 2. The first-order valence-electron chi connectivity index (χ1n) is 11.8. The Morgan fingerprint density at radius 1 is 1.12 bits per heavy atom. The van der Waals surface area contributed by atoms with Crippen molar-refractivity contribution in [2.24, 2.45) is 0 Å². The van der Waals surface area contributed by atoms with Crippen LogP contribution in [0.2, 0.25) is 0 Å². The first-order chi connectivity index (χ1) is 16.0. The third-order valence-electron chi connectivity index (χ3n) is 6.58. The van der Waals surface area contributed by atoms with Crippen LogP contribution < -0.4 is 0 Å². The molecule has 2 amide bonds. The molecule has 33 heavy (non-hydrogen) atoms. The van der Waals surface area contributed by atoms with Crippen molar-refractivity contribution in [3.8, 4) is 0 Å². The topological polar surface area (TPSA) is 83.7 Å². The molecule has 3 aromatic rings. The largest absolute Gasteiger partial charge is 0.340 e. The minimum absolute atomic E-state index is 0.0735. The highest BCUT2D eigenvalue weighted by Gasteiger charge is 2.29. The summed E-state index contributed by atoms with van der Waals surface area (Å²) >= 11 is 0. The van der Waals surface area contributed by atoms with Gasteiger partial charge < -0.3 is 9.80 Å². The normalized spacial score (nSPS) is 14.6. The molecule has 0 aliphatic carbocycles. The Labute approximate surface area is 194 Å². The van der Waals surface area contributed by atoms with Crippen LogP contribution in [-0.4, -0.2) is 66.9 Å². The summed E-state index contributed by atoms with van der Waals surface area (Å²) in [6.07, 6.45) is 5.11. The van der Waals surface area contributed by atoms with E-state index in [-0.39, 0.29) is 17.9 Å². The summed E-state index contributed by atoms with van der Waals surface area (Å²) in [6, 6.07) is 9.59. The first kappa shape index (κ1) is 22.9. The number of rotatable bonds is 7. The van der Waals surface area contributed by atoms with E-state index in [1.54, 1.807) is 4.52 Å². The van der Waals surface area contributed by atoms with E-state index >= 15 is 0 Å². The van der Waals surface area contributed by atoms with Crippen molar-refractivity contribution >= 4 is 17.6 Å². The van der Waals surface area contributed by atoms with Gasteiger partial charge in [0.05, 0.1) is 0 Å². The van der Waals surface area contributed by atoms with E-state index in [0.717, 1.165) is 48.3 Å². The highest BCUT2D eigenvalue weighted by atomic mass is 16.2. The van der Waals surface area contributed by atoms with Gasteiger partial charge in [-0.05, 0) is 57.2 Å². The molecule has 0 spiro atoms. The third-order valence-corrected chi connectivity index (χ3v) is 6.58. The maximum absolute atomic E-state index is 13.3. The number of aromatic nitrogens is 4. The lowest BCUT2D eigenvalue weighted by molar-refractivity contribution is -0.134. The lowest BCUT2D eigenvalue weighted by Gasteiger charge is -2.38. The molecule has 1 fully saturated rings. The van der Waals surface area contributed by atoms with E-state index in [4.69, 9.17) is 0 Å². The average Bonchev–Trinajstić information content (AvgIpc) is 3.31. The summed E-state index contributed by atoms with van der Waals surface area (Å²) in [4.78, 5) is 38.7. The summed E-state index contributed by atoms with van der Waals surface area (Å²) < 4.78 is 1.73. The van der Waals surface area contributed by atoms with Crippen LogP contribution in [-0.2, 0) is 11.2 Å². The van der Waals surface area contributed by atoms with Crippen molar-refractivity contribution in [3.63, 3.8) is 0 Å². The fraction of sp³-hybridized carbons (Fsp3) is 0.480. The fourth-order valence-corrected chi connectivity index (χ4v) is 4.79. The molecule has 8 nitrogen and oxygen atoms in total. The van der Waals surface area contributed by atoms with Gasteiger partial charge in [-0.15, -0.1) is 0 Å². The molecular weight excluding hydrogens is 416 g/mol. The number of likely N-dealkylation sites (tertiary alicyclic amines) is 1. The standard InChI is InChI=1S/C25H32N6O2/c1-4-14-30(21-12-15-29(16-13-21)24(33)20-8-6-5-7-9-20)23(32)11-10-22-18(2)28-25-26-17-27-31(25)19(22)3/h5-9,17,21H,4,10-16H2,1-3H3.